The Morgan fingerprint density at radius 1 is 0.964 bits per heavy atom. The molecule has 0 radical (unpaired) electrons. The molecule has 0 unspecified atom stereocenters. The largest absolute Gasteiger partial charge is 0.416 e. The van der Waals surface area contributed by atoms with Crippen molar-refractivity contribution in [2.24, 2.45) is 4.99 Å². The number of halogens is 3. The summed E-state index contributed by atoms with van der Waals surface area (Å²) in [4.78, 5) is 16.0. The number of carbonyl (C=O) groups excluding carboxylic acids is 1. The molecule has 0 atom stereocenters. The number of rotatable bonds is 6. The first-order valence-electron chi connectivity index (χ1n) is 8.82. The van der Waals surface area contributed by atoms with Crippen LogP contribution in [0.1, 0.15) is 34.0 Å². The molecule has 5 nitrogen and oxygen atoms in total. The van der Waals surface area contributed by atoms with Crippen LogP contribution < -0.4 is 16.0 Å². The molecule has 0 aliphatic heterocycles. The molecule has 0 bridgehead atoms. The predicted molar refractivity (Wildman–Crippen MR) is 103 cm³/mol. The lowest BCUT2D eigenvalue weighted by molar-refractivity contribution is -0.137. The van der Waals surface area contributed by atoms with Crippen molar-refractivity contribution in [2.75, 3.05) is 13.6 Å². The van der Waals surface area contributed by atoms with E-state index in [1.165, 1.54) is 12.1 Å². The number of hydrogen-bond donors (Lipinski definition) is 3. The summed E-state index contributed by atoms with van der Waals surface area (Å²) in [7, 11) is 1.57. The van der Waals surface area contributed by atoms with Gasteiger partial charge in [0.25, 0.3) is 5.91 Å². The molecule has 0 saturated carbocycles. The SMILES string of the molecule is CCNC(=NCc1ccc(C(=O)NC)cc1)NCc1ccc(C(F)(F)F)cc1. The van der Waals surface area contributed by atoms with Gasteiger partial charge in [-0.3, -0.25) is 4.79 Å². The van der Waals surface area contributed by atoms with Gasteiger partial charge in [-0.05, 0) is 42.3 Å². The highest BCUT2D eigenvalue weighted by molar-refractivity contribution is 5.93. The number of nitrogens with zero attached hydrogens (tertiary/aromatic N) is 1. The van der Waals surface area contributed by atoms with E-state index in [-0.39, 0.29) is 5.91 Å². The van der Waals surface area contributed by atoms with E-state index in [9.17, 15) is 18.0 Å². The third-order valence-electron chi connectivity index (χ3n) is 3.95. The normalized spacial score (nSPS) is 11.8. The summed E-state index contributed by atoms with van der Waals surface area (Å²) in [6.45, 7) is 3.32. The summed E-state index contributed by atoms with van der Waals surface area (Å²) in [6.07, 6.45) is -4.34. The highest BCUT2D eigenvalue weighted by Crippen LogP contribution is 2.29. The van der Waals surface area contributed by atoms with Gasteiger partial charge in [0, 0.05) is 25.7 Å². The Kier molecular flexibility index (Phi) is 7.43. The Labute approximate surface area is 162 Å². The molecule has 0 aliphatic carbocycles. The number of amides is 1. The number of guanidine groups is 1. The van der Waals surface area contributed by atoms with Crippen molar-refractivity contribution in [3.05, 3.63) is 70.8 Å². The van der Waals surface area contributed by atoms with E-state index >= 15 is 0 Å². The van der Waals surface area contributed by atoms with Crippen molar-refractivity contribution < 1.29 is 18.0 Å². The molecule has 0 saturated heterocycles. The van der Waals surface area contributed by atoms with E-state index in [1.54, 1.807) is 19.2 Å². The summed E-state index contributed by atoms with van der Waals surface area (Å²) in [5, 5.41) is 8.75. The van der Waals surface area contributed by atoms with Crippen molar-refractivity contribution in [1.82, 2.24) is 16.0 Å². The minimum absolute atomic E-state index is 0.151. The molecule has 2 aromatic rings. The summed E-state index contributed by atoms with van der Waals surface area (Å²) in [5.41, 5.74) is 1.55. The van der Waals surface area contributed by atoms with Crippen LogP contribution in [0.5, 0.6) is 0 Å². The monoisotopic (exact) mass is 392 g/mol. The second-order valence-electron chi connectivity index (χ2n) is 6.02. The van der Waals surface area contributed by atoms with Gasteiger partial charge in [-0.15, -0.1) is 0 Å². The Morgan fingerprint density at radius 3 is 2.11 bits per heavy atom. The zero-order chi connectivity index (χ0) is 20.6. The van der Waals surface area contributed by atoms with E-state index in [0.29, 0.717) is 36.7 Å². The molecule has 2 aromatic carbocycles. The summed E-state index contributed by atoms with van der Waals surface area (Å²) >= 11 is 0. The van der Waals surface area contributed by atoms with Gasteiger partial charge in [0.2, 0.25) is 0 Å². The molecule has 0 aromatic heterocycles. The van der Waals surface area contributed by atoms with Crippen LogP contribution in [0.15, 0.2) is 53.5 Å². The molecule has 3 N–H and O–H groups in total. The molecule has 150 valence electrons. The van der Waals surface area contributed by atoms with E-state index in [1.807, 2.05) is 19.1 Å². The molecule has 0 heterocycles. The van der Waals surface area contributed by atoms with Crippen molar-refractivity contribution >= 4 is 11.9 Å². The Morgan fingerprint density at radius 2 is 1.57 bits per heavy atom. The van der Waals surface area contributed by atoms with Gasteiger partial charge < -0.3 is 16.0 Å². The van der Waals surface area contributed by atoms with Crippen LogP contribution in [0, 0.1) is 0 Å². The molecular formula is C20H23F3N4O. The van der Waals surface area contributed by atoms with Crippen LogP contribution in [-0.2, 0) is 19.3 Å². The van der Waals surface area contributed by atoms with Gasteiger partial charge in [-0.1, -0.05) is 24.3 Å². The van der Waals surface area contributed by atoms with Gasteiger partial charge in [-0.2, -0.15) is 13.2 Å². The number of aliphatic imine (C=N–C) groups is 1. The number of alkyl halides is 3. The fourth-order valence-electron chi connectivity index (χ4n) is 2.42. The lowest BCUT2D eigenvalue weighted by atomic mass is 10.1. The minimum atomic E-state index is -4.34. The topological polar surface area (TPSA) is 65.5 Å². The fourth-order valence-corrected chi connectivity index (χ4v) is 2.42. The van der Waals surface area contributed by atoms with E-state index in [2.05, 4.69) is 20.9 Å². The van der Waals surface area contributed by atoms with Crippen LogP contribution in [0.4, 0.5) is 13.2 Å². The minimum Gasteiger partial charge on any atom is -0.357 e. The quantitative estimate of drug-likeness (QED) is 0.522. The molecule has 0 aliphatic rings. The molecule has 1 amide bonds. The maximum Gasteiger partial charge on any atom is 0.416 e. The lowest BCUT2D eigenvalue weighted by Gasteiger charge is -2.12. The Bertz CT molecular complexity index is 800. The van der Waals surface area contributed by atoms with Crippen molar-refractivity contribution in [2.45, 2.75) is 26.2 Å². The Balaban J connectivity index is 1.97. The third kappa shape index (κ3) is 6.29. The maximum atomic E-state index is 12.6. The highest BCUT2D eigenvalue weighted by Gasteiger charge is 2.29. The average Bonchev–Trinajstić information content (AvgIpc) is 2.69. The number of nitrogens with one attached hydrogen (secondary N) is 3. The molecule has 0 fully saturated rings. The number of benzene rings is 2. The zero-order valence-electron chi connectivity index (χ0n) is 15.7. The standard InChI is InChI=1S/C20H23F3N4O/c1-3-25-19(26-12-14-4-8-16(9-5-14)18(28)24-2)27-13-15-6-10-17(11-7-15)20(21,22)23/h4-11H,3,12-13H2,1-2H3,(H,24,28)(H2,25,26,27). The van der Waals surface area contributed by atoms with Crippen molar-refractivity contribution in [1.29, 1.82) is 0 Å². The predicted octanol–water partition coefficient (Wildman–Crippen LogP) is 3.32. The van der Waals surface area contributed by atoms with Crippen LogP contribution in [0.25, 0.3) is 0 Å². The lowest BCUT2D eigenvalue weighted by Crippen LogP contribution is -2.36. The number of hydrogen-bond acceptors (Lipinski definition) is 2. The van der Waals surface area contributed by atoms with Gasteiger partial charge in [0.15, 0.2) is 5.96 Å². The third-order valence-corrected chi connectivity index (χ3v) is 3.95. The van der Waals surface area contributed by atoms with E-state index < -0.39 is 11.7 Å². The maximum absolute atomic E-state index is 12.6. The van der Waals surface area contributed by atoms with Gasteiger partial charge in [0.05, 0.1) is 12.1 Å². The second-order valence-corrected chi connectivity index (χ2v) is 6.02. The van der Waals surface area contributed by atoms with Gasteiger partial charge >= 0.3 is 6.18 Å². The van der Waals surface area contributed by atoms with Crippen molar-refractivity contribution in [3.63, 3.8) is 0 Å². The van der Waals surface area contributed by atoms with Crippen LogP contribution in [0.2, 0.25) is 0 Å². The molecular weight excluding hydrogens is 369 g/mol. The first kappa shape index (κ1) is 21.3. The van der Waals surface area contributed by atoms with E-state index in [0.717, 1.165) is 17.7 Å². The van der Waals surface area contributed by atoms with Crippen molar-refractivity contribution in [3.8, 4) is 0 Å². The summed E-state index contributed by atoms with van der Waals surface area (Å²) in [5.74, 6) is 0.402. The second kappa shape index (κ2) is 9.77. The summed E-state index contributed by atoms with van der Waals surface area (Å²) < 4.78 is 37.9. The average molecular weight is 392 g/mol. The molecule has 2 rings (SSSR count). The zero-order valence-corrected chi connectivity index (χ0v) is 15.7. The first-order valence-corrected chi connectivity index (χ1v) is 8.82. The molecule has 0 spiro atoms. The summed E-state index contributed by atoms with van der Waals surface area (Å²) in [6, 6.07) is 12.1. The first-order chi connectivity index (χ1) is 13.3. The molecule has 28 heavy (non-hydrogen) atoms. The van der Waals surface area contributed by atoms with Crippen LogP contribution in [0.3, 0.4) is 0 Å². The van der Waals surface area contributed by atoms with Crippen LogP contribution >= 0.6 is 0 Å². The fraction of sp³-hybridized carbons (Fsp3) is 0.300. The van der Waals surface area contributed by atoms with E-state index in [4.69, 9.17) is 0 Å². The van der Waals surface area contributed by atoms with Gasteiger partial charge in [0.1, 0.15) is 0 Å². The highest BCUT2D eigenvalue weighted by atomic mass is 19.4. The molecule has 8 heteroatoms. The number of carbonyl (C=O) groups is 1. The smallest absolute Gasteiger partial charge is 0.357 e. The van der Waals surface area contributed by atoms with Crippen LogP contribution in [-0.4, -0.2) is 25.5 Å². The Hall–Kier alpha value is -3.03. The van der Waals surface area contributed by atoms with Gasteiger partial charge in [-0.25, -0.2) is 4.99 Å².